The maximum atomic E-state index is 13.2. The highest BCUT2D eigenvalue weighted by molar-refractivity contribution is 7.99. The Bertz CT molecular complexity index is 1210. The lowest BCUT2D eigenvalue weighted by molar-refractivity contribution is -0.192. The van der Waals surface area contributed by atoms with Gasteiger partial charge in [-0.25, -0.2) is 4.79 Å². The van der Waals surface area contributed by atoms with Crippen LogP contribution in [-0.4, -0.2) is 65.4 Å². The first-order valence-electron chi connectivity index (χ1n) is 12.1. The number of imide groups is 1. The Labute approximate surface area is 227 Å². The van der Waals surface area contributed by atoms with Crippen molar-refractivity contribution in [3.05, 3.63) is 65.7 Å². The molecule has 2 heterocycles. The van der Waals surface area contributed by atoms with E-state index in [0.717, 1.165) is 33.1 Å². The number of ether oxygens (including phenoxy) is 1. The smallest absolute Gasteiger partial charge is 0.475 e. The van der Waals surface area contributed by atoms with E-state index in [9.17, 15) is 27.6 Å². The van der Waals surface area contributed by atoms with E-state index in [-0.39, 0.29) is 18.2 Å². The first kappa shape index (κ1) is 30.2. The summed E-state index contributed by atoms with van der Waals surface area (Å²) in [6, 6.07) is 17.1. The molecule has 2 amide bonds. The van der Waals surface area contributed by atoms with Gasteiger partial charge in [0.25, 0.3) is 0 Å². The number of carboxylic acids is 1. The van der Waals surface area contributed by atoms with E-state index in [1.807, 2.05) is 54.6 Å². The van der Waals surface area contributed by atoms with Gasteiger partial charge in [-0.15, -0.1) is 11.8 Å². The van der Waals surface area contributed by atoms with Gasteiger partial charge in [0.15, 0.2) is 0 Å². The predicted molar refractivity (Wildman–Crippen MR) is 137 cm³/mol. The van der Waals surface area contributed by atoms with Gasteiger partial charge in [0.2, 0.25) is 11.8 Å². The summed E-state index contributed by atoms with van der Waals surface area (Å²) < 4.78 is 36.9. The number of alkyl halides is 3. The van der Waals surface area contributed by atoms with Crippen LogP contribution in [0.1, 0.15) is 30.5 Å². The molecule has 0 aliphatic carbocycles. The molecule has 8 nitrogen and oxygen atoms in total. The van der Waals surface area contributed by atoms with Crippen molar-refractivity contribution in [3.8, 4) is 0 Å². The van der Waals surface area contributed by atoms with E-state index in [2.05, 4.69) is 12.2 Å². The number of likely N-dealkylation sites (tertiary alicyclic amines) is 1. The highest BCUT2D eigenvalue weighted by Gasteiger charge is 2.68. The maximum absolute atomic E-state index is 13.2. The summed E-state index contributed by atoms with van der Waals surface area (Å²) >= 11 is 1.78. The number of thioether (sulfide) groups is 1. The van der Waals surface area contributed by atoms with Gasteiger partial charge >= 0.3 is 18.1 Å². The van der Waals surface area contributed by atoms with E-state index in [0.29, 0.717) is 0 Å². The molecule has 39 heavy (non-hydrogen) atoms. The van der Waals surface area contributed by atoms with E-state index in [1.54, 1.807) is 11.8 Å². The van der Waals surface area contributed by atoms with Crippen molar-refractivity contribution >= 4 is 35.5 Å². The van der Waals surface area contributed by atoms with Gasteiger partial charge < -0.3 is 9.84 Å². The molecule has 0 aromatic heterocycles. The lowest BCUT2D eigenvalue weighted by Crippen LogP contribution is -2.57. The highest BCUT2D eigenvalue weighted by Crippen LogP contribution is 2.50. The SMILES string of the molecule is CCCSc1ccc(C2N[C@@](Cc3ccccc3)(C(=O)OC)C3C(=O)N(C)C(=O)C23)cc1.O=C(O)C(F)(F)F. The van der Waals surface area contributed by atoms with Gasteiger partial charge in [-0.1, -0.05) is 49.4 Å². The quantitative estimate of drug-likeness (QED) is 0.295. The van der Waals surface area contributed by atoms with Crippen LogP contribution < -0.4 is 5.32 Å². The molecule has 2 fully saturated rings. The number of hydrogen-bond acceptors (Lipinski definition) is 7. The van der Waals surface area contributed by atoms with Gasteiger partial charge in [0.05, 0.1) is 18.9 Å². The summed E-state index contributed by atoms with van der Waals surface area (Å²) in [5.41, 5.74) is 0.459. The number of carbonyl (C=O) groups excluding carboxylic acids is 3. The predicted octanol–water partition coefficient (Wildman–Crippen LogP) is 3.85. The molecule has 2 aliphatic heterocycles. The van der Waals surface area contributed by atoms with Crippen LogP contribution in [0.3, 0.4) is 0 Å². The first-order chi connectivity index (χ1) is 18.4. The molecular formula is C27H29F3N2O6S. The second-order valence-corrected chi connectivity index (χ2v) is 10.4. The molecular weight excluding hydrogens is 537 g/mol. The number of rotatable bonds is 7. The Morgan fingerprint density at radius 2 is 1.67 bits per heavy atom. The van der Waals surface area contributed by atoms with Crippen LogP contribution >= 0.6 is 11.8 Å². The first-order valence-corrected chi connectivity index (χ1v) is 13.1. The van der Waals surface area contributed by atoms with Gasteiger partial charge in [-0.2, -0.15) is 13.2 Å². The summed E-state index contributed by atoms with van der Waals surface area (Å²) in [4.78, 5) is 50.8. The molecule has 2 N–H and O–H groups in total. The number of amides is 2. The second kappa shape index (κ2) is 12.2. The average molecular weight is 567 g/mol. The minimum absolute atomic E-state index is 0.259. The number of aliphatic carboxylic acids is 1. The molecule has 12 heteroatoms. The van der Waals surface area contributed by atoms with E-state index in [4.69, 9.17) is 14.6 Å². The van der Waals surface area contributed by atoms with Gasteiger partial charge in [-0.3, -0.25) is 24.6 Å². The maximum Gasteiger partial charge on any atom is 0.490 e. The summed E-state index contributed by atoms with van der Waals surface area (Å²) in [6.07, 6.45) is -3.74. The van der Waals surface area contributed by atoms with Crippen molar-refractivity contribution in [2.45, 2.75) is 42.4 Å². The van der Waals surface area contributed by atoms with Gasteiger partial charge in [0, 0.05) is 24.4 Å². The zero-order valence-corrected chi connectivity index (χ0v) is 22.3. The Morgan fingerprint density at radius 1 is 1.08 bits per heavy atom. The largest absolute Gasteiger partial charge is 0.490 e. The number of hydrogen-bond donors (Lipinski definition) is 2. The molecule has 4 rings (SSSR count). The molecule has 3 unspecified atom stereocenters. The molecule has 0 bridgehead atoms. The van der Waals surface area contributed by atoms with Crippen LogP contribution in [0.15, 0.2) is 59.5 Å². The summed E-state index contributed by atoms with van der Waals surface area (Å²) in [5, 5.41) is 10.5. The minimum atomic E-state index is -5.08. The number of halogens is 3. The van der Waals surface area contributed by atoms with Crippen LogP contribution in [0, 0.1) is 11.8 Å². The number of nitrogens with zero attached hydrogens (tertiary/aromatic N) is 1. The topological polar surface area (TPSA) is 113 Å². The Balaban J connectivity index is 0.000000532. The number of nitrogens with one attached hydrogen (secondary N) is 1. The summed E-state index contributed by atoms with van der Waals surface area (Å²) in [6.45, 7) is 2.14. The van der Waals surface area contributed by atoms with Crippen molar-refractivity contribution in [1.29, 1.82) is 0 Å². The van der Waals surface area contributed by atoms with Crippen molar-refractivity contribution in [3.63, 3.8) is 0 Å². The molecule has 0 spiro atoms. The van der Waals surface area contributed by atoms with E-state index >= 15 is 0 Å². The van der Waals surface area contributed by atoms with Crippen LogP contribution in [0.25, 0.3) is 0 Å². The number of benzene rings is 2. The van der Waals surface area contributed by atoms with Crippen molar-refractivity contribution in [2.24, 2.45) is 11.8 Å². The fourth-order valence-corrected chi connectivity index (χ4v) is 5.72. The van der Waals surface area contributed by atoms with Crippen molar-refractivity contribution in [1.82, 2.24) is 10.2 Å². The van der Waals surface area contributed by atoms with Gasteiger partial charge in [0.1, 0.15) is 5.54 Å². The third-order valence-electron chi connectivity index (χ3n) is 6.70. The third kappa shape index (κ3) is 6.27. The van der Waals surface area contributed by atoms with E-state index in [1.165, 1.54) is 14.2 Å². The van der Waals surface area contributed by atoms with E-state index < -0.39 is 41.5 Å². The second-order valence-electron chi connectivity index (χ2n) is 9.21. The van der Waals surface area contributed by atoms with Crippen LogP contribution in [0.2, 0.25) is 0 Å². The Kier molecular flexibility index (Phi) is 9.44. The van der Waals surface area contributed by atoms with Gasteiger partial charge in [-0.05, 0) is 35.4 Å². The number of carboxylic acid groups (broad SMARTS) is 1. The molecule has 2 aliphatic rings. The number of methoxy groups -OCH3 is 1. The van der Waals surface area contributed by atoms with Crippen molar-refractivity contribution < 1.29 is 42.2 Å². The molecule has 210 valence electrons. The average Bonchev–Trinajstić information content (AvgIpc) is 3.37. The lowest BCUT2D eigenvalue weighted by atomic mass is 9.76. The Hall–Kier alpha value is -3.38. The molecule has 2 aromatic rings. The zero-order valence-electron chi connectivity index (χ0n) is 21.5. The summed E-state index contributed by atoms with van der Waals surface area (Å²) in [5.74, 6) is -4.34. The highest BCUT2D eigenvalue weighted by atomic mass is 32.2. The number of fused-ring (bicyclic) bond motifs is 1. The number of carbonyl (C=O) groups is 4. The van der Waals surface area contributed by atoms with Crippen LogP contribution in [-0.2, 0) is 30.3 Å². The lowest BCUT2D eigenvalue weighted by Gasteiger charge is -2.32. The fourth-order valence-electron chi connectivity index (χ4n) is 4.95. The monoisotopic (exact) mass is 566 g/mol. The zero-order chi connectivity index (χ0) is 29.0. The third-order valence-corrected chi connectivity index (χ3v) is 7.92. The number of esters is 1. The standard InChI is InChI=1S/C25H28N2O4S.C2HF3O2/c1-4-14-32-18-12-10-17(11-13-18)21-19-20(23(29)27(2)22(19)28)25(26-21,24(30)31-3)15-16-8-6-5-7-9-16;3-2(4,5)1(6)7/h5-13,19-21,26H,4,14-15H2,1-3H3;(H,6,7)/t19?,20?,21?,25-;/m1./s1. The molecule has 0 radical (unpaired) electrons. The molecule has 2 saturated heterocycles. The normalized spacial score (nSPS) is 24.2. The fraction of sp³-hybridized carbons (Fsp3) is 0.407. The van der Waals surface area contributed by atoms with Crippen LogP contribution in [0.4, 0.5) is 13.2 Å². The summed E-state index contributed by atoms with van der Waals surface area (Å²) in [7, 11) is 2.82. The Morgan fingerprint density at radius 3 is 2.18 bits per heavy atom. The molecule has 0 saturated carbocycles. The molecule has 2 aromatic carbocycles. The molecule has 4 atom stereocenters. The minimum Gasteiger partial charge on any atom is -0.475 e. The van der Waals surface area contributed by atoms with Crippen LogP contribution in [0.5, 0.6) is 0 Å². The van der Waals surface area contributed by atoms with Crippen molar-refractivity contribution in [2.75, 3.05) is 19.9 Å².